The van der Waals surface area contributed by atoms with E-state index < -0.39 is 0 Å². The molecule has 1 aliphatic carbocycles. The Hall–Kier alpha value is -0.890. The Labute approximate surface area is 123 Å². The fourth-order valence-corrected chi connectivity index (χ4v) is 3.69. The number of halogens is 1. The van der Waals surface area contributed by atoms with E-state index in [1.807, 2.05) is 13.0 Å². The topological polar surface area (TPSA) is 12.0 Å². The summed E-state index contributed by atoms with van der Waals surface area (Å²) in [5.74, 6) is -0.0740. The van der Waals surface area contributed by atoms with E-state index in [4.69, 9.17) is 0 Å². The first-order valence-electron chi connectivity index (χ1n) is 8.12. The van der Waals surface area contributed by atoms with Gasteiger partial charge in [-0.15, -0.1) is 0 Å². The van der Waals surface area contributed by atoms with Crippen LogP contribution in [0, 0.1) is 18.2 Å². The fourth-order valence-electron chi connectivity index (χ4n) is 3.69. The summed E-state index contributed by atoms with van der Waals surface area (Å²) < 4.78 is 13.9. The van der Waals surface area contributed by atoms with Gasteiger partial charge in [0.05, 0.1) is 0 Å². The van der Waals surface area contributed by atoms with Gasteiger partial charge in [0.15, 0.2) is 0 Å². The molecule has 1 N–H and O–H groups in total. The van der Waals surface area contributed by atoms with Crippen LogP contribution in [0.3, 0.4) is 0 Å². The van der Waals surface area contributed by atoms with Gasteiger partial charge in [0.25, 0.3) is 0 Å². The van der Waals surface area contributed by atoms with E-state index in [9.17, 15) is 4.39 Å². The van der Waals surface area contributed by atoms with E-state index in [1.165, 1.54) is 32.1 Å². The number of nitrogens with one attached hydrogen (secondary N) is 1. The molecule has 1 atom stereocenters. The van der Waals surface area contributed by atoms with Crippen molar-refractivity contribution in [2.45, 2.75) is 65.3 Å². The van der Waals surface area contributed by atoms with E-state index in [0.29, 0.717) is 11.5 Å². The highest BCUT2D eigenvalue weighted by Crippen LogP contribution is 2.50. The van der Waals surface area contributed by atoms with E-state index >= 15 is 0 Å². The maximum atomic E-state index is 13.9. The largest absolute Gasteiger partial charge is 0.309 e. The molecule has 0 bridgehead atoms. The zero-order chi connectivity index (χ0) is 14.6. The SMILES string of the molecule is CCCNC(c1ccc(C)c(F)c1)C1(CC)CCCC1. The van der Waals surface area contributed by atoms with E-state index in [0.717, 1.165) is 24.1 Å². The summed E-state index contributed by atoms with van der Waals surface area (Å²) in [5, 5.41) is 3.70. The lowest BCUT2D eigenvalue weighted by Gasteiger charge is -2.38. The normalized spacial score (nSPS) is 19.2. The number of hydrogen-bond donors (Lipinski definition) is 1. The molecule has 1 saturated carbocycles. The minimum atomic E-state index is -0.0740. The summed E-state index contributed by atoms with van der Waals surface area (Å²) in [5.41, 5.74) is 2.18. The van der Waals surface area contributed by atoms with Crippen molar-refractivity contribution in [2.24, 2.45) is 5.41 Å². The van der Waals surface area contributed by atoms with Gasteiger partial charge in [-0.3, -0.25) is 0 Å². The Morgan fingerprint density at radius 1 is 1.25 bits per heavy atom. The van der Waals surface area contributed by atoms with Gasteiger partial charge in [0.2, 0.25) is 0 Å². The number of aryl methyl sites for hydroxylation is 1. The Bertz CT molecular complexity index is 435. The van der Waals surface area contributed by atoms with Crippen LogP contribution in [-0.2, 0) is 0 Å². The summed E-state index contributed by atoms with van der Waals surface area (Å²) in [4.78, 5) is 0. The third-order valence-electron chi connectivity index (χ3n) is 5.04. The highest BCUT2D eigenvalue weighted by Gasteiger charge is 2.40. The highest BCUT2D eigenvalue weighted by atomic mass is 19.1. The monoisotopic (exact) mass is 277 g/mol. The maximum Gasteiger partial charge on any atom is 0.126 e. The number of hydrogen-bond acceptors (Lipinski definition) is 1. The minimum Gasteiger partial charge on any atom is -0.309 e. The van der Waals surface area contributed by atoms with Crippen molar-refractivity contribution >= 4 is 0 Å². The van der Waals surface area contributed by atoms with E-state index in [-0.39, 0.29) is 5.82 Å². The molecular weight excluding hydrogens is 249 g/mol. The van der Waals surface area contributed by atoms with Gasteiger partial charge in [-0.2, -0.15) is 0 Å². The van der Waals surface area contributed by atoms with Crippen LogP contribution in [0.25, 0.3) is 0 Å². The average molecular weight is 277 g/mol. The van der Waals surface area contributed by atoms with Crippen molar-refractivity contribution in [1.82, 2.24) is 5.32 Å². The number of benzene rings is 1. The van der Waals surface area contributed by atoms with Crippen LogP contribution in [0.4, 0.5) is 4.39 Å². The van der Waals surface area contributed by atoms with Gasteiger partial charge in [-0.25, -0.2) is 4.39 Å². The molecule has 1 nitrogen and oxygen atoms in total. The Balaban J connectivity index is 2.32. The highest BCUT2D eigenvalue weighted by molar-refractivity contribution is 5.27. The minimum absolute atomic E-state index is 0.0740. The van der Waals surface area contributed by atoms with Crippen LogP contribution < -0.4 is 5.32 Å². The van der Waals surface area contributed by atoms with E-state index in [2.05, 4.69) is 25.2 Å². The molecule has 0 spiro atoms. The molecule has 1 fully saturated rings. The lowest BCUT2D eigenvalue weighted by molar-refractivity contribution is 0.187. The van der Waals surface area contributed by atoms with E-state index in [1.54, 1.807) is 6.07 Å². The second kappa shape index (κ2) is 6.71. The zero-order valence-electron chi connectivity index (χ0n) is 13.1. The van der Waals surface area contributed by atoms with Crippen LogP contribution in [0.1, 0.15) is 69.5 Å². The summed E-state index contributed by atoms with van der Waals surface area (Å²) in [6.07, 6.45) is 7.44. The molecule has 0 amide bonds. The van der Waals surface area contributed by atoms with Crippen molar-refractivity contribution in [3.63, 3.8) is 0 Å². The molecule has 0 heterocycles. The van der Waals surface area contributed by atoms with Crippen molar-refractivity contribution in [1.29, 1.82) is 0 Å². The van der Waals surface area contributed by atoms with Gasteiger partial charge in [0, 0.05) is 6.04 Å². The smallest absolute Gasteiger partial charge is 0.126 e. The predicted octanol–water partition coefficient (Wildman–Crippen LogP) is 5.15. The molecule has 1 aromatic rings. The van der Waals surface area contributed by atoms with Gasteiger partial charge in [-0.05, 0) is 61.8 Å². The molecule has 0 radical (unpaired) electrons. The molecule has 2 rings (SSSR count). The van der Waals surface area contributed by atoms with Gasteiger partial charge < -0.3 is 5.32 Å². The number of rotatable bonds is 6. The Kier molecular flexibility index (Phi) is 5.20. The Morgan fingerprint density at radius 3 is 2.50 bits per heavy atom. The molecule has 1 aliphatic rings. The van der Waals surface area contributed by atoms with Crippen molar-refractivity contribution in [3.05, 3.63) is 35.1 Å². The molecule has 0 saturated heterocycles. The molecular formula is C18H28FN. The third kappa shape index (κ3) is 3.06. The molecule has 112 valence electrons. The first-order valence-corrected chi connectivity index (χ1v) is 8.12. The lowest BCUT2D eigenvalue weighted by atomic mass is 9.73. The van der Waals surface area contributed by atoms with Crippen molar-refractivity contribution in [3.8, 4) is 0 Å². The molecule has 2 heteroatoms. The van der Waals surface area contributed by atoms with Gasteiger partial charge in [0.1, 0.15) is 5.82 Å². The summed E-state index contributed by atoms with van der Waals surface area (Å²) in [6.45, 7) is 7.31. The van der Waals surface area contributed by atoms with Crippen LogP contribution in [0.15, 0.2) is 18.2 Å². The quantitative estimate of drug-likeness (QED) is 0.758. The first kappa shape index (κ1) is 15.5. The maximum absolute atomic E-state index is 13.9. The second-order valence-corrected chi connectivity index (χ2v) is 6.32. The predicted molar refractivity (Wildman–Crippen MR) is 83.4 cm³/mol. The van der Waals surface area contributed by atoms with Crippen LogP contribution in [0.5, 0.6) is 0 Å². The van der Waals surface area contributed by atoms with Crippen molar-refractivity contribution in [2.75, 3.05) is 6.54 Å². The summed E-state index contributed by atoms with van der Waals surface area (Å²) >= 11 is 0. The first-order chi connectivity index (χ1) is 9.63. The molecule has 20 heavy (non-hydrogen) atoms. The van der Waals surface area contributed by atoms with Crippen LogP contribution >= 0.6 is 0 Å². The average Bonchev–Trinajstić information content (AvgIpc) is 2.93. The second-order valence-electron chi connectivity index (χ2n) is 6.32. The van der Waals surface area contributed by atoms with Gasteiger partial charge >= 0.3 is 0 Å². The lowest BCUT2D eigenvalue weighted by Crippen LogP contribution is -2.36. The summed E-state index contributed by atoms with van der Waals surface area (Å²) in [6, 6.07) is 6.08. The Morgan fingerprint density at radius 2 is 1.95 bits per heavy atom. The zero-order valence-corrected chi connectivity index (χ0v) is 13.1. The molecule has 0 aromatic heterocycles. The third-order valence-corrected chi connectivity index (χ3v) is 5.04. The van der Waals surface area contributed by atoms with Gasteiger partial charge in [-0.1, -0.05) is 38.8 Å². The molecule has 1 unspecified atom stereocenters. The standard InChI is InChI=1S/C18H28FN/c1-4-12-20-17(18(5-2)10-6-7-11-18)15-9-8-14(3)16(19)13-15/h8-9,13,17,20H,4-7,10-12H2,1-3H3. The molecule has 0 aliphatic heterocycles. The molecule has 1 aromatic carbocycles. The fraction of sp³-hybridized carbons (Fsp3) is 0.667. The summed E-state index contributed by atoms with van der Waals surface area (Å²) in [7, 11) is 0. The van der Waals surface area contributed by atoms with Crippen molar-refractivity contribution < 1.29 is 4.39 Å². The van der Waals surface area contributed by atoms with Crippen LogP contribution in [0.2, 0.25) is 0 Å². The van der Waals surface area contributed by atoms with Crippen LogP contribution in [-0.4, -0.2) is 6.54 Å².